The molecule has 1 aliphatic heterocycles. The second kappa shape index (κ2) is 5.15. The van der Waals surface area contributed by atoms with E-state index < -0.39 is 0 Å². The van der Waals surface area contributed by atoms with E-state index in [1.807, 2.05) is 30.3 Å². The lowest BCUT2D eigenvalue weighted by Gasteiger charge is -2.10. The van der Waals surface area contributed by atoms with E-state index >= 15 is 0 Å². The number of carbonyl (C=O) groups is 1. The first-order valence-electron chi connectivity index (χ1n) is 7.29. The number of benzene rings is 2. The van der Waals surface area contributed by atoms with Crippen LogP contribution < -0.4 is 10.6 Å². The van der Waals surface area contributed by atoms with Crippen molar-refractivity contribution in [1.82, 2.24) is 10.3 Å². The summed E-state index contributed by atoms with van der Waals surface area (Å²) in [6, 6.07) is 16.1. The smallest absolute Gasteiger partial charge is 0.253 e. The Morgan fingerprint density at radius 1 is 1.14 bits per heavy atom. The molecule has 2 aromatic carbocycles. The van der Waals surface area contributed by atoms with Crippen LogP contribution in [0.5, 0.6) is 0 Å². The maximum atomic E-state index is 11.9. The average molecular weight is 289 g/mol. The average Bonchev–Trinajstić information content (AvgIpc) is 2.95. The number of nitrogens with one attached hydrogen (secondary N) is 2. The molecule has 3 aromatic rings. The molecule has 4 heteroatoms. The van der Waals surface area contributed by atoms with E-state index in [0.29, 0.717) is 13.1 Å². The number of amides is 1. The zero-order valence-corrected chi connectivity index (χ0v) is 12.0. The third kappa shape index (κ3) is 2.19. The molecular weight excluding hydrogens is 274 g/mol. The summed E-state index contributed by atoms with van der Waals surface area (Å²) in [5.74, 6) is 0.000751. The van der Waals surface area contributed by atoms with Crippen LogP contribution in [0, 0.1) is 0 Å². The molecule has 0 saturated carbocycles. The van der Waals surface area contributed by atoms with Crippen molar-refractivity contribution >= 4 is 22.5 Å². The Bertz CT molecular complexity index is 873. The molecule has 22 heavy (non-hydrogen) atoms. The van der Waals surface area contributed by atoms with Crippen LogP contribution in [0.15, 0.2) is 54.7 Å². The molecule has 2 heterocycles. The first kappa shape index (κ1) is 12.8. The van der Waals surface area contributed by atoms with Crippen LogP contribution in [0.25, 0.3) is 10.9 Å². The summed E-state index contributed by atoms with van der Waals surface area (Å²) >= 11 is 0. The molecule has 0 bridgehead atoms. The second-order valence-corrected chi connectivity index (χ2v) is 5.41. The lowest BCUT2D eigenvalue weighted by atomic mass is 10.1. The van der Waals surface area contributed by atoms with E-state index in [9.17, 15) is 4.79 Å². The minimum absolute atomic E-state index is 0.000751. The fourth-order valence-electron chi connectivity index (χ4n) is 2.86. The first-order valence-corrected chi connectivity index (χ1v) is 7.29. The van der Waals surface area contributed by atoms with Crippen molar-refractivity contribution in [2.75, 3.05) is 5.32 Å². The van der Waals surface area contributed by atoms with Gasteiger partial charge < -0.3 is 10.6 Å². The predicted molar refractivity (Wildman–Crippen MR) is 86.7 cm³/mol. The van der Waals surface area contributed by atoms with Gasteiger partial charge in [-0.1, -0.05) is 24.3 Å². The van der Waals surface area contributed by atoms with Crippen LogP contribution in [0.3, 0.4) is 0 Å². The number of fused-ring (bicyclic) bond motifs is 2. The fraction of sp³-hybridized carbons (Fsp3) is 0.111. The summed E-state index contributed by atoms with van der Waals surface area (Å²) in [6.07, 6.45) is 1.80. The van der Waals surface area contributed by atoms with Crippen LogP contribution >= 0.6 is 0 Å². The third-order valence-corrected chi connectivity index (χ3v) is 3.97. The largest absolute Gasteiger partial charge is 0.380 e. The summed E-state index contributed by atoms with van der Waals surface area (Å²) in [5, 5.41) is 7.36. The number of rotatable bonds is 3. The molecule has 0 fully saturated rings. The topological polar surface area (TPSA) is 54.0 Å². The molecule has 0 spiro atoms. The minimum atomic E-state index is 0.000751. The number of aromatic nitrogens is 1. The molecule has 1 amide bonds. The molecule has 2 N–H and O–H groups in total. The van der Waals surface area contributed by atoms with E-state index in [0.717, 1.165) is 33.3 Å². The summed E-state index contributed by atoms with van der Waals surface area (Å²) in [7, 11) is 0. The molecule has 0 radical (unpaired) electrons. The van der Waals surface area contributed by atoms with Crippen molar-refractivity contribution in [2.24, 2.45) is 0 Å². The zero-order chi connectivity index (χ0) is 14.9. The predicted octanol–water partition coefficient (Wildman–Crippen LogP) is 3.09. The standard InChI is InChI=1S/C18H15N3O/c22-18-17-14(11-21-18)3-1-5-16(17)20-10-12-6-7-15-13(9-12)4-2-8-19-15/h1-9,20H,10-11H2,(H,21,22). The maximum Gasteiger partial charge on any atom is 0.253 e. The number of carbonyl (C=O) groups excluding carboxylic acids is 1. The molecule has 1 aromatic heterocycles. The molecular formula is C18H15N3O. The second-order valence-electron chi connectivity index (χ2n) is 5.41. The van der Waals surface area contributed by atoms with E-state index in [1.165, 1.54) is 0 Å². The maximum absolute atomic E-state index is 11.9. The first-order chi connectivity index (χ1) is 10.8. The van der Waals surface area contributed by atoms with Crippen molar-refractivity contribution < 1.29 is 4.79 Å². The van der Waals surface area contributed by atoms with Gasteiger partial charge in [0.25, 0.3) is 5.91 Å². The van der Waals surface area contributed by atoms with Gasteiger partial charge in [0.15, 0.2) is 0 Å². The number of pyridine rings is 1. The Kier molecular flexibility index (Phi) is 3.00. The summed E-state index contributed by atoms with van der Waals surface area (Å²) in [5.41, 5.74) is 4.86. The normalized spacial score (nSPS) is 13.0. The molecule has 0 atom stereocenters. The molecule has 0 aliphatic carbocycles. The van der Waals surface area contributed by atoms with Gasteiger partial charge in [-0.3, -0.25) is 9.78 Å². The Morgan fingerprint density at radius 3 is 3.05 bits per heavy atom. The van der Waals surface area contributed by atoms with Gasteiger partial charge in [0.1, 0.15) is 0 Å². The molecule has 108 valence electrons. The Labute approximate surface area is 128 Å². The summed E-state index contributed by atoms with van der Waals surface area (Å²) in [6.45, 7) is 1.29. The highest BCUT2D eigenvalue weighted by atomic mass is 16.1. The van der Waals surface area contributed by atoms with E-state index in [2.05, 4.69) is 33.8 Å². The number of nitrogens with zero attached hydrogens (tertiary/aromatic N) is 1. The van der Waals surface area contributed by atoms with Gasteiger partial charge >= 0.3 is 0 Å². The van der Waals surface area contributed by atoms with Crippen LogP contribution in [0.2, 0.25) is 0 Å². The molecule has 1 aliphatic rings. The van der Waals surface area contributed by atoms with Gasteiger partial charge in [-0.2, -0.15) is 0 Å². The van der Waals surface area contributed by atoms with Gasteiger partial charge in [-0.25, -0.2) is 0 Å². The van der Waals surface area contributed by atoms with Crippen LogP contribution in [0.4, 0.5) is 5.69 Å². The molecule has 0 saturated heterocycles. The van der Waals surface area contributed by atoms with Gasteiger partial charge in [0.05, 0.1) is 11.1 Å². The van der Waals surface area contributed by atoms with Crippen LogP contribution in [-0.4, -0.2) is 10.9 Å². The van der Waals surface area contributed by atoms with Crippen molar-refractivity contribution in [3.63, 3.8) is 0 Å². The van der Waals surface area contributed by atoms with E-state index in [4.69, 9.17) is 0 Å². The lowest BCUT2D eigenvalue weighted by Crippen LogP contribution is -2.14. The summed E-state index contributed by atoms with van der Waals surface area (Å²) < 4.78 is 0. The van der Waals surface area contributed by atoms with Gasteiger partial charge in [-0.15, -0.1) is 0 Å². The van der Waals surface area contributed by atoms with E-state index in [-0.39, 0.29) is 5.91 Å². The van der Waals surface area contributed by atoms with Crippen LogP contribution in [-0.2, 0) is 13.1 Å². The minimum Gasteiger partial charge on any atom is -0.380 e. The van der Waals surface area contributed by atoms with Gasteiger partial charge in [-0.05, 0) is 35.4 Å². The molecule has 0 unspecified atom stereocenters. The zero-order valence-electron chi connectivity index (χ0n) is 12.0. The van der Waals surface area contributed by atoms with Gasteiger partial charge in [0.2, 0.25) is 0 Å². The van der Waals surface area contributed by atoms with Crippen molar-refractivity contribution in [3.05, 3.63) is 71.4 Å². The lowest BCUT2D eigenvalue weighted by molar-refractivity contribution is 0.0966. The monoisotopic (exact) mass is 289 g/mol. The summed E-state index contributed by atoms with van der Waals surface area (Å²) in [4.78, 5) is 16.2. The van der Waals surface area contributed by atoms with Crippen LogP contribution in [0.1, 0.15) is 21.5 Å². The van der Waals surface area contributed by atoms with E-state index in [1.54, 1.807) is 6.20 Å². The van der Waals surface area contributed by atoms with Gasteiger partial charge in [0, 0.05) is 30.4 Å². The number of hydrogen-bond donors (Lipinski definition) is 2. The quantitative estimate of drug-likeness (QED) is 0.779. The molecule has 4 rings (SSSR count). The highest BCUT2D eigenvalue weighted by molar-refractivity contribution is 6.03. The van der Waals surface area contributed by atoms with Crippen molar-refractivity contribution in [2.45, 2.75) is 13.1 Å². The Hall–Kier alpha value is -2.88. The van der Waals surface area contributed by atoms with Crippen molar-refractivity contribution in [3.8, 4) is 0 Å². The number of hydrogen-bond acceptors (Lipinski definition) is 3. The molecule has 4 nitrogen and oxygen atoms in total. The van der Waals surface area contributed by atoms with Crippen molar-refractivity contribution in [1.29, 1.82) is 0 Å². The Morgan fingerprint density at radius 2 is 2.09 bits per heavy atom. The highest BCUT2D eigenvalue weighted by Crippen LogP contribution is 2.25. The highest BCUT2D eigenvalue weighted by Gasteiger charge is 2.21. The fourth-order valence-corrected chi connectivity index (χ4v) is 2.86. The third-order valence-electron chi connectivity index (χ3n) is 3.97. The Balaban J connectivity index is 1.60. The SMILES string of the molecule is O=C1NCc2cccc(NCc3ccc4ncccc4c3)c21. The number of anilines is 1.